The van der Waals surface area contributed by atoms with Crippen LogP contribution < -0.4 is 0 Å². The summed E-state index contributed by atoms with van der Waals surface area (Å²) in [7, 11) is 0. The lowest BCUT2D eigenvalue weighted by atomic mass is 10.1. The van der Waals surface area contributed by atoms with E-state index in [2.05, 4.69) is 0 Å². The minimum Gasteiger partial charge on any atom is -0.456 e. The molecule has 1 aromatic carbocycles. The molecule has 1 aliphatic heterocycles. The zero-order chi connectivity index (χ0) is 9.10. The lowest BCUT2D eigenvalue weighted by Gasteiger charge is -2.09. The van der Waals surface area contributed by atoms with Gasteiger partial charge >= 0.3 is 6.01 Å². The maximum atomic E-state index is 12.4. The largest absolute Gasteiger partial charge is 0.456 e. The summed E-state index contributed by atoms with van der Waals surface area (Å²) in [5.41, 5.74) is 1.07. The van der Waals surface area contributed by atoms with Gasteiger partial charge in [-0.15, -0.1) is 0 Å². The Labute approximate surface area is 75.6 Å². The Kier molecular flexibility index (Phi) is 2.17. The molecule has 3 heteroatoms. The molecule has 13 heavy (non-hydrogen) atoms. The normalized spacial score (nSPS) is 20.4. The minimum atomic E-state index is -0.652. The smallest absolute Gasteiger partial charge is 0.311 e. The third kappa shape index (κ3) is 1.99. The molecule has 2 rings (SSSR count). The van der Waals surface area contributed by atoms with Crippen LogP contribution in [0.25, 0.3) is 0 Å². The summed E-state index contributed by atoms with van der Waals surface area (Å²) in [4.78, 5) is 0. The monoisotopic (exact) mass is 180 g/mol. The van der Waals surface area contributed by atoms with Crippen LogP contribution in [0.15, 0.2) is 42.6 Å². The lowest BCUT2D eigenvalue weighted by molar-refractivity contribution is -0.0439. The van der Waals surface area contributed by atoms with Crippen molar-refractivity contribution in [2.75, 3.05) is 0 Å². The van der Waals surface area contributed by atoms with Crippen molar-refractivity contribution in [1.29, 1.82) is 0 Å². The van der Waals surface area contributed by atoms with Gasteiger partial charge in [0, 0.05) is 6.42 Å². The van der Waals surface area contributed by atoms with Gasteiger partial charge in [0.15, 0.2) is 6.26 Å². The van der Waals surface area contributed by atoms with Crippen LogP contribution >= 0.6 is 0 Å². The van der Waals surface area contributed by atoms with Crippen molar-refractivity contribution >= 4 is 0 Å². The SMILES string of the molecule is FC1=COC(Cc2ccccc2)O1. The quantitative estimate of drug-likeness (QED) is 0.695. The number of hydrogen-bond acceptors (Lipinski definition) is 2. The fraction of sp³-hybridized carbons (Fsp3) is 0.200. The summed E-state index contributed by atoms with van der Waals surface area (Å²) in [6.45, 7) is 0. The van der Waals surface area contributed by atoms with E-state index in [0.29, 0.717) is 6.42 Å². The first-order valence-corrected chi connectivity index (χ1v) is 4.06. The van der Waals surface area contributed by atoms with Gasteiger partial charge in [0.05, 0.1) is 0 Å². The van der Waals surface area contributed by atoms with E-state index in [4.69, 9.17) is 9.47 Å². The Hall–Kier alpha value is -1.51. The molecule has 0 radical (unpaired) electrons. The average Bonchev–Trinajstić information content (AvgIpc) is 2.53. The van der Waals surface area contributed by atoms with Crippen LogP contribution in [-0.2, 0) is 15.9 Å². The van der Waals surface area contributed by atoms with E-state index in [-0.39, 0.29) is 0 Å². The van der Waals surface area contributed by atoms with Crippen molar-refractivity contribution in [2.24, 2.45) is 0 Å². The molecule has 0 N–H and O–H groups in total. The molecule has 1 aromatic rings. The molecular weight excluding hydrogens is 171 g/mol. The van der Waals surface area contributed by atoms with Crippen LogP contribution in [0.3, 0.4) is 0 Å². The molecule has 1 aliphatic rings. The summed E-state index contributed by atoms with van der Waals surface area (Å²) in [6, 6.07) is 9.02. The molecule has 0 saturated heterocycles. The zero-order valence-corrected chi connectivity index (χ0v) is 6.94. The summed E-state index contributed by atoms with van der Waals surface area (Å²) in [5.74, 6) is 0. The molecule has 0 aliphatic carbocycles. The second kappa shape index (κ2) is 3.47. The highest BCUT2D eigenvalue weighted by Gasteiger charge is 2.19. The molecule has 68 valence electrons. The first kappa shape index (κ1) is 8.10. The van der Waals surface area contributed by atoms with Crippen molar-refractivity contribution < 1.29 is 13.9 Å². The van der Waals surface area contributed by atoms with Crippen molar-refractivity contribution in [3.05, 3.63) is 48.2 Å². The number of hydrogen-bond donors (Lipinski definition) is 0. The predicted octanol–water partition coefficient (Wildman–Crippen LogP) is 2.37. The van der Waals surface area contributed by atoms with Crippen LogP contribution in [0, 0.1) is 0 Å². The van der Waals surface area contributed by atoms with Crippen molar-refractivity contribution in [3.63, 3.8) is 0 Å². The topological polar surface area (TPSA) is 18.5 Å². The second-order valence-electron chi connectivity index (χ2n) is 2.80. The standard InChI is InChI=1S/C10H9FO2/c11-9-7-12-10(13-9)6-8-4-2-1-3-5-8/h1-5,7,10H,6H2. The highest BCUT2D eigenvalue weighted by molar-refractivity contribution is 5.15. The molecule has 1 heterocycles. The first-order valence-electron chi connectivity index (χ1n) is 4.06. The molecule has 1 atom stereocenters. The van der Waals surface area contributed by atoms with E-state index >= 15 is 0 Å². The Morgan fingerprint density at radius 2 is 2.00 bits per heavy atom. The fourth-order valence-electron chi connectivity index (χ4n) is 1.21. The van der Waals surface area contributed by atoms with Crippen LogP contribution in [-0.4, -0.2) is 6.29 Å². The zero-order valence-electron chi connectivity index (χ0n) is 6.94. The van der Waals surface area contributed by atoms with Gasteiger partial charge in [0.25, 0.3) is 0 Å². The first-order chi connectivity index (χ1) is 6.34. The Morgan fingerprint density at radius 3 is 2.62 bits per heavy atom. The summed E-state index contributed by atoms with van der Waals surface area (Å²) in [6.07, 6.45) is 1.04. The van der Waals surface area contributed by atoms with Crippen molar-refractivity contribution in [3.8, 4) is 0 Å². The molecule has 0 fully saturated rings. The Morgan fingerprint density at radius 1 is 1.23 bits per heavy atom. The van der Waals surface area contributed by atoms with Crippen molar-refractivity contribution in [2.45, 2.75) is 12.7 Å². The fourth-order valence-corrected chi connectivity index (χ4v) is 1.21. The van der Waals surface area contributed by atoms with E-state index in [9.17, 15) is 4.39 Å². The van der Waals surface area contributed by atoms with Gasteiger partial charge in [-0.05, 0) is 5.56 Å². The summed E-state index contributed by atoms with van der Waals surface area (Å²) < 4.78 is 22.0. The molecule has 2 nitrogen and oxygen atoms in total. The third-order valence-electron chi connectivity index (χ3n) is 1.80. The maximum Gasteiger partial charge on any atom is 0.311 e. The Bertz CT molecular complexity index is 308. The molecule has 0 saturated carbocycles. The number of ether oxygens (including phenoxy) is 2. The number of benzene rings is 1. The summed E-state index contributed by atoms with van der Waals surface area (Å²) >= 11 is 0. The maximum absolute atomic E-state index is 12.4. The van der Waals surface area contributed by atoms with E-state index in [1.807, 2.05) is 30.3 Å². The van der Waals surface area contributed by atoms with E-state index in [1.165, 1.54) is 0 Å². The highest BCUT2D eigenvalue weighted by Crippen LogP contribution is 2.18. The van der Waals surface area contributed by atoms with Gasteiger partial charge in [-0.1, -0.05) is 30.3 Å². The summed E-state index contributed by atoms with van der Waals surface area (Å²) in [5, 5.41) is 0. The third-order valence-corrected chi connectivity index (χ3v) is 1.80. The van der Waals surface area contributed by atoms with Gasteiger partial charge < -0.3 is 9.47 Å². The van der Waals surface area contributed by atoms with Crippen LogP contribution in [0.4, 0.5) is 4.39 Å². The second-order valence-corrected chi connectivity index (χ2v) is 2.80. The molecular formula is C10H9FO2. The van der Waals surface area contributed by atoms with Gasteiger partial charge in [0.1, 0.15) is 0 Å². The van der Waals surface area contributed by atoms with Gasteiger partial charge in [0.2, 0.25) is 6.29 Å². The van der Waals surface area contributed by atoms with Gasteiger partial charge in [-0.25, -0.2) is 0 Å². The highest BCUT2D eigenvalue weighted by atomic mass is 19.1. The predicted molar refractivity (Wildman–Crippen MR) is 45.3 cm³/mol. The van der Waals surface area contributed by atoms with E-state index in [0.717, 1.165) is 11.8 Å². The van der Waals surface area contributed by atoms with E-state index < -0.39 is 12.3 Å². The van der Waals surface area contributed by atoms with Crippen LogP contribution in [0.2, 0.25) is 0 Å². The van der Waals surface area contributed by atoms with Gasteiger partial charge in [-0.3, -0.25) is 0 Å². The van der Waals surface area contributed by atoms with Gasteiger partial charge in [-0.2, -0.15) is 4.39 Å². The van der Waals surface area contributed by atoms with Crippen molar-refractivity contribution in [1.82, 2.24) is 0 Å². The van der Waals surface area contributed by atoms with Crippen LogP contribution in [0.1, 0.15) is 5.56 Å². The molecule has 0 bridgehead atoms. The van der Waals surface area contributed by atoms with E-state index in [1.54, 1.807) is 0 Å². The minimum absolute atomic E-state index is 0.512. The molecule has 1 unspecified atom stereocenters. The lowest BCUT2D eigenvalue weighted by Crippen LogP contribution is -2.11. The molecule has 0 spiro atoms. The molecule has 0 amide bonds. The van der Waals surface area contributed by atoms with Crippen LogP contribution in [0.5, 0.6) is 0 Å². The average molecular weight is 180 g/mol. The number of rotatable bonds is 2. The molecule has 0 aromatic heterocycles. The number of halogens is 1. The Balaban J connectivity index is 1.94.